The third-order valence-corrected chi connectivity index (χ3v) is 4.21. The first-order valence-corrected chi connectivity index (χ1v) is 7.96. The molecule has 4 nitrogen and oxygen atoms in total. The van der Waals surface area contributed by atoms with Crippen LogP contribution < -0.4 is 10.1 Å². The van der Waals surface area contributed by atoms with E-state index in [1.807, 2.05) is 18.2 Å². The summed E-state index contributed by atoms with van der Waals surface area (Å²) >= 11 is 0. The van der Waals surface area contributed by atoms with Crippen LogP contribution in [0.3, 0.4) is 0 Å². The molecule has 2 aromatic rings. The van der Waals surface area contributed by atoms with E-state index in [0.29, 0.717) is 5.56 Å². The van der Waals surface area contributed by atoms with Crippen molar-refractivity contribution in [1.29, 1.82) is 0 Å². The molecule has 1 heterocycles. The molecule has 1 unspecified atom stereocenters. The van der Waals surface area contributed by atoms with Crippen molar-refractivity contribution in [2.75, 3.05) is 20.2 Å². The van der Waals surface area contributed by atoms with Gasteiger partial charge in [-0.15, -0.1) is 0 Å². The topological polar surface area (TPSA) is 41.6 Å². The Bertz CT molecular complexity index is 640. The minimum atomic E-state index is -0.0146. The predicted molar refractivity (Wildman–Crippen MR) is 90.6 cm³/mol. The number of carbonyl (C=O) groups is 1. The largest absolute Gasteiger partial charge is 0.497 e. The number of nitrogens with zero attached hydrogens (tertiary/aromatic N) is 1. The third-order valence-electron chi connectivity index (χ3n) is 4.21. The van der Waals surface area contributed by atoms with E-state index in [2.05, 4.69) is 34.5 Å². The van der Waals surface area contributed by atoms with Crippen molar-refractivity contribution in [2.45, 2.75) is 19.0 Å². The van der Waals surface area contributed by atoms with E-state index in [4.69, 9.17) is 4.74 Å². The second kappa shape index (κ2) is 7.29. The molecule has 0 aliphatic carbocycles. The maximum Gasteiger partial charge on any atom is 0.251 e. The predicted octanol–water partition coefficient (Wildman–Crippen LogP) is 2.70. The summed E-state index contributed by atoms with van der Waals surface area (Å²) in [6.45, 7) is 2.86. The standard InChI is InChI=1S/C19H22N2O2/c1-23-18-9-7-16(8-10-18)19(22)20-17-11-12-21(14-17)13-15-5-3-2-4-6-15/h2-10,17H,11-14H2,1H3,(H,20,22). The van der Waals surface area contributed by atoms with Crippen molar-refractivity contribution in [1.82, 2.24) is 10.2 Å². The summed E-state index contributed by atoms with van der Waals surface area (Å²) in [6, 6.07) is 17.9. The Balaban J connectivity index is 1.52. The van der Waals surface area contributed by atoms with Crippen LogP contribution in [0.4, 0.5) is 0 Å². The summed E-state index contributed by atoms with van der Waals surface area (Å²) in [5, 5.41) is 3.13. The number of methoxy groups -OCH3 is 1. The summed E-state index contributed by atoms with van der Waals surface area (Å²) in [5.41, 5.74) is 1.99. The first kappa shape index (κ1) is 15.6. The van der Waals surface area contributed by atoms with Crippen molar-refractivity contribution < 1.29 is 9.53 Å². The SMILES string of the molecule is COc1ccc(C(=O)NC2CCN(Cc3ccccc3)C2)cc1. The molecule has 0 aromatic heterocycles. The van der Waals surface area contributed by atoms with Gasteiger partial charge in [-0.05, 0) is 36.2 Å². The van der Waals surface area contributed by atoms with Crippen LogP contribution in [0.25, 0.3) is 0 Å². The summed E-state index contributed by atoms with van der Waals surface area (Å²) in [7, 11) is 1.62. The van der Waals surface area contributed by atoms with Crippen LogP contribution in [0.2, 0.25) is 0 Å². The fourth-order valence-corrected chi connectivity index (χ4v) is 2.95. The van der Waals surface area contributed by atoms with Crippen LogP contribution in [0.1, 0.15) is 22.3 Å². The molecule has 1 aliphatic rings. The maximum absolute atomic E-state index is 12.3. The van der Waals surface area contributed by atoms with Gasteiger partial charge in [-0.1, -0.05) is 30.3 Å². The van der Waals surface area contributed by atoms with Gasteiger partial charge in [-0.2, -0.15) is 0 Å². The molecule has 1 N–H and O–H groups in total. The van der Waals surface area contributed by atoms with E-state index in [9.17, 15) is 4.79 Å². The van der Waals surface area contributed by atoms with Crippen LogP contribution >= 0.6 is 0 Å². The highest BCUT2D eigenvalue weighted by Gasteiger charge is 2.24. The lowest BCUT2D eigenvalue weighted by atomic mass is 10.2. The molecule has 1 saturated heterocycles. The van der Waals surface area contributed by atoms with E-state index >= 15 is 0 Å². The Morgan fingerprint density at radius 1 is 1.17 bits per heavy atom. The van der Waals surface area contributed by atoms with Gasteiger partial charge < -0.3 is 10.1 Å². The molecule has 1 atom stereocenters. The van der Waals surface area contributed by atoms with Gasteiger partial charge >= 0.3 is 0 Å². The van der Waals surface area contributed by atoms with Gasteiger partial charge in [0.15, 0.2) is 0 Å². The number of likely N-dealkylation sites (tertiary alicyclic amines) is 1. The van der Waals surface area contributed by atoms with Crippen molar-refractivity contribution in [3.8, 4) is 5.75 Å². The highest BCUT2D eigenvalue weighted by Crippen LogP contribution is 2.15. The highest BCUT2D eigenvalue weighted by atomic mass is 16.5. The lowest BCUT2D eigenvalue weighted by Crippen LogP contribution is -2.36. The molecule has 0 spiro atoms. The number of ether oxygens (including phenoxy) is 1. The monoisotopic (exact) mass is 310 g/mol. The van der Waals surface area contributed by atoms with E-state index in [0.717, 1.165) is 31.8 Å². The van der Waals surface area contributed by atoms with E-state index in [1.54, 1.807) is 19.2 Å². The highest BCUT2D eigenvalue weighted by molar-refractivity contribution is 5.94. The molecule has 2 aromatic carbocycles. The minimum absolute atomic E-state index is 0.0146. The van der Waals surface area contributed by atoms with Crippen LogP contribution in [-0.4, -0.2) is 37.0 Å². The van der Waals surface area contributed by atoms with Gasteiger partial charge in [-0.25, -0.2) is 0 Å². The Hall–Kier alpha value is -2.33. The molecule has 23 heavy (non-hydrogen) atoms. The normalized spacial score (nSPS) is 17.9. The lowest BCUT2D eigenvalue weighted by molar-refractivity contribution is 0.0937. The minimum Gasteiger partial charge on any atom is -0.497 e. The lowest BCUT2D eigenvalue weighted by Gasteiger charge is -2.17. The number of amides is 1. The van der Waals surface area contributed by atoms with Gasteiger partial charge in [0.1, 0.15) is 5.75 Å². The van der Waals surface area contributed by atoms with Gasteiger partial charge in [0, 0.05) is 31.2 Å². The van der Waals surface area contributed by atoms with Gasteiger partial charge in [0.05, 0.1) is 7.11 Å². The summed E-state index contributed by atoms with van der Waals surface area (Å²) in [4.78, 5) is 14.7. The van der Waals surface area contributed by atoms with Crippen LogP contribution in [-0.2, 0) is 6.54 Å². The molecule has 0 radical (unpaired) electrons. The second-order valence-electron chi connectivity index (χ2n) is 5.91. The quantitative estimate of drug-likeness (QED) is 0.923. The van der Waals surface area contributed by atoms with E-state index in [1.165, 1.54) is 5.56 Å². The molecule has 0 bridgehead atoms. The number of benzene rings is 2. The molecule has 3 rings (SSSR count). The fourth-order valence-electron chi connectivity index (χ4n) is 2.95. The summed E-state index contributed by atoms with van der Waals surface area (Å²) in [5.74, 6) is 0.746. The molecule has 1 aliphatic heterocycles. The molecule has 120 valence electrons. The molecule has 1 amide bonds. The molecule has 1 fully saturated rings. The smallest absolute Gasteiger partial charge is 0.251 e. The second-order valence-corrected chi connectivity index (χ2v) is 5.91. The average molecular weight is 310 g/mol. The Morgan fingerprint density at radius 2 is 1.91 bits per heavy atom. The molecule has 4 heteroatoms. The fraction of sp³-hybridized carbons (Fsp3) is 0.316. The summed E-state index contributed by atoms with van der Waals surface area (Å²) in [6.07, 6.45) is 0.995. The maximum atomic E-state index is 12.3. The summed E-state index contributed by atoms with van der Waals surface area (Å²) < 4.78 is 5.11. The van der Waals surface area contributed by atoms with Crippen molar-refractivity contribution in [3.05, 3.63) is 65.7 Å². The number of rotatable bonds is 5. The van der Waals surface area contributed by atoms with Crippen LogP contribution in [0.5, 0.6) is 5.75 Å². The first-order valence-electron chi connectivity index (χ1n) is 7.96. The Kier molecular flexibility index (Phi) is 4.93. The van der Waals surface area contributed by atoms with Crippen molar-refractivity contribution in [2.24, 2.45) is 0 Å². The first-order chi connectivity index (χ1) is 11.2. The molecular formula is C19H22N2O2. The molecule has 0 saturated carbocycles. The zero-order chi connectivity index (χ0) is 16.1. The number of nitrogens with one attached hydrogen (secondary N) is 1. The Labute approximate surface area is 137 Å². The van der Waals surface area contributed by atoms with E-state index < -0.39 is 0 Å². The number of hydrogen-bond donors (Lipinski definition) is 1. The van der Waals surface area contributed by atoms with Crippen molar-refractivity contribution >= 4 is 5.91 Å². The number of hydrogen-bond acceptors (Lipinski definition) is 3. The van der Waals surface area contributed by atoms with Gasteiger partial charge in [0.25, 0.3) is 5.91 Å². The third kappa shape index (κ3) is 4.11. The zero-order valence-electron chi connectivity index (χ0n) is 13.4. The van der Waals surface area contributed by atoms with Gasteiger partial charge in [0.2, 0.25) is 0 Å². The zero-order valence-corrected chi connectivity index (χ0v) is 13.4. The van der Waals surface area contributed by atoms with Crippen LogP contribution in [0, 0.1) is 0 Å². The Morgan fingerprint density at radius 3 is 2.61 bits per heavy atom. The average Bonchev–Trinajstić information content (AvgIpc) is 3.02. The van der Waals surface area contributed by atoms with Crippen molar-refractivity contribution in [3.63, 3.8) is 0 Å². The van der Waals surface area contributed by atoms with Crippen LogP contribution in [0.15, 0.2) is 54.6 Å². The molecular weight excluding hydrogens is 288 g/mol. The van der Waals surface area contributed by atoms with Gasteiger partial charge in [-0.3, -0.25) is 9.69 Å². The van der Waals surface area contributed by atoms with E-state index in [-0.39, 0.29) is 11.9 Å². The number of carbonyl (C=O) groups excluding carboxylic acids is 1.